The standard InChI is InChI=1S/C18H18F3N3O5S2/c1-4-31(27,28)15-7-11(29-10-30(3,25)26)5-6-12(15)17-23-13-8-16(18(19,20)21)22-9-14(13)24(17)2/h5-9H,4,10H2,1-3H3. The van der Waals surface area contributed by atoms with Crippen molar-refractivity contribution in [1.29, 1.82) is 0 Å². The first-order chi connectivity index (χ1) is 14.2. The molecule has 2 heterocycles. The predicted octanol–water partition coefficient (Wildman–Crippen LogP) is 2.83. The maximum Gasteiger partial charge on any atom is 0.433 e. The molecule has 3 rings (SSSR count). The van der Waals surface area contributed by atoms with Gasteiger partial charge in [-0.05, 0) is 24.3 Å². The number of sulfone groups is 2. The highest BCUT2D eigenvalue weighted by atomic mass is 32.2. The molecule has 0 aliphatic carbocycles. The van der Waals surface area contributed by atoms with E-state index in [4.69, 9.17) is 4.74 Å². The van der Waals surface area contributed by atoms with Crippen molar-refractivity contribution in [3.05, 3.63) is 36.2 Å². The number of aryl methyl sites for hydroxylation is 1. The largest absolute Gasteiger partial charge is 0.478 e. The Morgan fingerprint density at radius 2 is 1.81 bits per heavy atom. The van der Waals surface area contributed by atoms with Crippen LogP contribution in [0.5, 0.6) is 5.75 Å². The highest BCUT2D eigenvalue weighted by Gasteiger charge is 2.33. The van der Waals surface area contributed by atoms with E-state index in [-0.39, 0.29) is 38.8 Å². The van der Waals surface area contributed by atoms with Gasteiger partial charge in [0.15, 0.2) is 25.6 Å². The lowest BCUT2D eigenvalue weighted by Gasteiger charge is -2.12. The number of imidazole rings is 1. The van der Waals surface area contributed by atoms with Gasteiger partial charge in [0.05, 0.1) is 27.9 Å². The normalized spacial score (nSPS) is 13.0. The van der Waals surface area contributed by atoms with Gasteiger partial charge < -0.3 is 9.30 Å². The van der Waals surface area contributed by atoms with E-state index in [2.05, 4.69) is 9.97 Å². The fourth-order valence-electron chi connectivity index (χ4n) is 2.85. The molecule has 0 saturated heterocycles. The van der Waals surface area contributed by atoms with Crippen LogP contribution >= 0.6 is 0 Å². The first kappa shape index (κ1) is 23.0. The molecule has 168 valence electrons. The highest BCUT2D eigenvalue weighted by molar-refractivity contribution is 7.91. The van der Waals surface area contributed by atoms with E-state index in [1.807, 2.05) is 0 Å². The Kier molecular flexibility index (Phi) is 5.78. The molecule has 8 nitrogen and oxygen atoms in total. The summed E-state index contributed by atoms with van der Waals surface area (Å²) >= 11 is 0. The van der Waals surface area contributed by atoms with Crippen LogP contribution in [0.3, 0.4) is 0 Å². The molecule has 0 saturated carbocycles. The lowest BCUT2D eigenvalue weighted by Crippen LogP contribution is -2.11. The topological polar surface area (TPSA) is 108 Å². The summed E-state index contributed by atoms with van der Waals surface area (Å²) in [5.41, 5.74) is -0.700. The first-order valence-corrected chi connectivity index (χ1v) is 12.5. The quantitative estimate of drug-likeness (QED) is 0.537. The molecule has 2 aromatic heterocycles. The zero-order chi connectivity index (χ0) is 23.2. The molecular weight excluding hydrogens is 459 g/mol. The maximum absolute atomic E-state index is 13.0. The van der Waals surface area contributed by atoms with E-state index >= 15 is 0 Å². The van der Waals surface area contributed by atoms with Gasteiger partial charge in [-0.15, -0.1) is 0 Å². The molecule has 0 atom stereocenters. The monoisotopic (exact) mass is 477 g/mol. The number of rotatable bonds is 6. The van der Waals surface area contributed by atoms with E-state index in [0.29, 0.717) is 0 Å². The number of hydrogen-bond donors (Lipinski definition) is 0. The van der Waals surface area contributed by atoms with Gasteiger partial charge in [-0.25, -0.2) is 26.8 Å². The molecule has 0 N–H and O–H groups in total. The van der Waals surface area contributed by atoms with Gasteiger partial charge >= 0.3 is 6.18 Å². The summed E-state index contributed by atoms with van der Waals surface area (Å²) in [5.74, 6) is -0.783. The molecule has 0 amide bonds. The second-order valence-corrected chi connectivity index (χ2v) is 11.1. The van der Waals surface area contributed by atoms with E-state index in [1.165, 1.54) is 36.7 Å². The zero-order valence-corrected chi connectivity index (χ0v) is 18.3. The molecule has 1 aromatic carbocycles. The van der Waals surface area contributed by atoms with Crippen LogP contribution in [0.15, 0.2) is 35.4 Å². The van der Waals surface area contributed by atoms with Gasteiger partial charge in [-0.1, -0.05) is 6.92 Å². The lowest BCUT2D eigenvalue weighted by molar-refractivity contribution is -0.141. The minimum absolute atomic E-state index is 0.00271. The number of halogens is 3. The third-order valence-electron chi connectivity index (χ3n) is 4.41. The number of hydrogen-bond acceptors (Lipinski definition) is 7. The highest BCUT2D eigenvalue weighted by Crippen LogP contribution is 2.34. The van der Waals surface area contributed by atoms with Crippen molar-refractivity contribution in [2.75, 3.05) is 17.9 Å². The summed E-state index contributed by atoms with van der Waals surface area (Å²) in [6.45, 7) is 1.43. The van der Waals surface area contributed by atoms with Crippen LogP contribution in [0.25, 0.3) is 22.4 Å². The Morgan fingerprint density at radius 3 is 2.39 bits per heavy atom. The summed E-state index contributed by atoms with van der Waals surface area (Å²) < 4.78 is 93.6. The van der Waals surface area contributed by atoms with E-state index < -0.39 is 37.5 Å². The molecule has 3 aromatic rings. The molecule has 0 bridgehead atoms. The average Bonchev–Trinajstić information content (AvgIpc) is 3.01. The first-order valence-electron chi connectivity index (χ1n) is 8.80. The summed E-state index contributed by atoms with van der Waals surface area (Å²) in [5, 5.41) is 0. The predicted molar refractivity (Wildman–Crippen MR) is 107 cm³/mol. The van der Waals surface area contributed by atoms with E-state index in [1.54, 1.807) is 0 Å². The van der Waals surface area contributed by atoms with Crippen molar-refractivity contribution in [3.63, 3.8) is 0 Å². The zero-order valence-electron chi connectivity index (χ0n) is 16.6. The number of aromatic nitrogens is 3. The smallest absolute Gasteiger partial charge is 0.433 e. The lowest BCUT2D eigenvalue weighted by atomic mass is 10.2. The second kappa shape index (κ2) is 7.79. The van der Waals surface area contributed by atoms with Crippen LogP contribution in [-0.2, 0) is 32.9 Å². The third-order valence-corrected chi connectivity index (χ3v) is 6.72. The minimum Gasteiger partial charge on any atom is -0.478 e. The van der Waals surface area contributed by atoms with Gasteiger partial charge in [-0.3, -0.25) is 0 Å². The fraction of sp³-hybridized carbons (Fsp3) is 0.333. The van der Waals surface area contributed by atoms with Crippen molar-refractivity contribution in [1.82, 2.24) is 14.5 Å². The van der Waals surface area contributed by atoms with Crippen LogP contribution in [0.2, 0.25) is 0 Å². The number of benzene rings is 1. The molecule has 0 radical (unpaired) electrons. The Morgan fingerprint density at radius 1 is 1.13 bits per heavy atom. The van der Waals surface area contributed by atoms with Gasteiger partial charge in [-0.2, -0.15) is 13.2 Å². The summed E-state index contributed by atoms with van der Waals surface area (Å²) in [6.07, 6.45) is -2.67. The summed E-state index contributed by atoms with van der Waals surface area (Å²) in [4.78, 5) is 7.44. The molecule has 0 aliphatic rings. The van der Waals surface area contributed by atoms with Crippen molar-refractivity contribution in [2.45, 2.75) is 18.0 Å². The summed E-state index contributed by atoms with van der Waals surface area (Å²) in [7, 11) is -5.76. The molecular formula is C18H18F3N3O5S2. The second-order valence-electron chi connectivity index (χ2n) is 6.80. The Balaban J connectivity index is 2.19. The molecule has 0 fully saturated rings. The minimum atomic E-state index is -4.65. The molecule has 13 heteroatoms. The average molecular weight is 477 g/mol. The van der Waals surface area contributed by atoms with Crippen LogP contribution in [-0.4, -0.2) is 49.3 Å². The van der Waals surface area contributed by atoms with Gasteiger partial charge in [0.2, 0.25) is 0 Å². The summed E-state index contributed by atoms with van der Waals surface area (Å²) in [6, 6.07) is 4.71. The molecule has 0 spiro atoms. The SMILES string of the molecule is CCS(=O)(=O)c1cc(OCS(C)(=O)=O)ccc1-c1nc2cc(C(F)(F)F)ncc2n1C. The van der Waals surface area contributed by atoms with Crippen molar-refractivity contribution >= 4 is 30.7 Å². The van der Waals surface area contributed by atoms with Gasteiger partial charge in [0, 0.05) is 18.9 Å². The van der Waals surface area contributed by atoms with Crippen molar-refractivity contribution < 1.29 is 34.7 Å². The van der Waals surface area contributed by atoms with Crippen LogP contribution in [0.4, 0.5) is 13.2 Å². The number of fused-ring (bicyclic) bond motifs is 1. The Labute approximate surface area is 176 Å². The molecule has 0 unspecified atom stereocenters. The van der Waals surface area contributed by atoms with E-state index in [9.17, 15) is 30.0 Å². The van der Waals surface area contributed by atoms with Crippen LogP contribution in [0, 0.1) is 0 Å². The molecule has 0 aliphatic heterocycles. The Hall–Kier alpha value is -2.67. The Bertz CT molecular complexity index is 1360. The number of nitrogens with zero attached hydrogens (tertiary/aromatic N) is 3. The van der Waals surface area contributed by atoms with Gasteiger partial charge in [0.25, 0.3) is 0 Å². The fourth-order valence-corrected chi connectivity index (χ4v) is 4.30. The van der Waals surface area contributed by atoms with Crippen LogP contribution in [0.1, 0.15) is 12.6 Å². The third kappa shape index (κ3) is 4.82. The maximum atomic E-state index is 13.0. The number of pyridine rings is 1. The van der Waals surface area contributed by atoms with Gasteiger partial charge in [0.1, 0.15) is 17.3 Å². The van der Waals surface area contributed by atoms with Crippen molar-refractivity contribution in [3.8, 4) is 17.1 Å². The van der Waals surface area contributed by atoms with Crippen molar-refractivity contribution in [2.24, 2.45) is 7.05 Å². The number of ether oxygens (including phenoxy) is 1. The van der Waals surface area contributed by atoms with E-state index in [0.717, 1.165) is 18.5 Å². The number of alkyl halides is 3. The molecule has 31 heavy (non-hydrogen) atoms. The van der Waals surface area contributed by atoms with Crippen LogP contribution < -0.4 is 4.74 Å².